The van der Waals surface area contributed by atoms with Crippen LogP contribution >= 0.6 is 0 Å². The lowest BCUT2D eigenvalue weighted by Gasteiger charge is -2.61. The lowest BCUT2D eigenvalue weighted by molar-refractivity contribution is -0.157. The van der Waals surface area contributed by atoms with Crippen LogP contribution in [-0.4, -0.2) is 11.2 Å². The molecule has 7 atom stereocenters. The van der Waals surface area contributed by atoms with Gasteiger partial charge in [-0.3, -0.25) is 0 Å². The Morgan fingerprint density at radius 2 is 1.70 bits per heavy atom. The van der Waals surface area contributed by atoms with Crippen LogP contribution in [0, 0.1) is 34.5 Å². The molecule has 4 fully saturated rings. The molecule has 20 heavy (non-hydrogen) atoms. The van der Waals surface area contributed by atoms with Gasteiger partial charge in [0.05, 0.1) is 6.10 Å². The molecule has 1 heteroatoms. The summed E-state index contributed by atoms with van der Waals surface area (Å²) >= 11 is 0. The first-order chi connectivity index (χ1) is 9.55. The molecule has 4 saturated carbocycles. The Labute approximate surface area is 124 Å². The Hall–Kier alpha value is -0.0400. The molecule has 0 aromatic heterocycles. The monoisotopic (exact) mass is 276 g/mol. The van der Waals surface area contributed by atoms with Gasteiger partial charge in [0.25, 0.3) is 0 Å². The fourth-order valence-corrected chi connectivity index (χ4v) is 7.25. The molecular weight excluding hydrogens is 244 g/mol. The van der Waals surface area contributed by atoms with Crippen molar-refractivity contribution >= 4 is 0 Å². The van der Waals surface area contributed by atoms with Gasteiger partial charge in [0.1, 0.15) is 0 Å². The molecule has 1 N–H and O–H groups in total. The normalized spacial score (nSPS) is 58.6. The van der Waals surface area contributed by atoms with E-state index in [1.807, 2.05) is 0 Å². The summed E-state index contributed by atoms with van der Waals surface area (Å²) in [7, 11) is 0. The van der Waals surface area contributed by atoms with Crippen LogP contribution in [0.4, 0.5) is 0 Å². The summed E-state index contributed by atoms with van der Waals surface area (Å²) in [4.78, 5) is 0. The van der Waals surface area contributed by atoms with E-state index in [2.05, 4.69) is 13.8 Å². The zero-order chi connectivity index (χ0) is 14.0. The van der Waals surface area contributed by atoms with Gasteiger partial charge in [-0.1, -0.05) is 33.1 Å². The predicted molar refractivity (Wildman–Crippen MR) is 82.4 cm³/mol. The molecule has 0 aromatic rings. The molecule has 4 aliphatic rings. The second-order valence-electron chi connectivity index (χ2n) is 9.13. The maximum absolute atomic E-state index is 10.9. The van der Waals surface area contributed by atoms with Crippen molar-refractivity contribution in [3.63, 3.8) is 0 Å². The summed E-state index contributed by atoms with van der Waals surface area (Å²) in [5, 5.41) is 10.9. The van der Waals surface area contributed by atoms with Crippen molar-refractivity contribution in [2.45, 2.75) is 84.2 Å². The van der Waals surface area contributed by atoms with E-state index in [0.717, 1.165) is 24.2 Å². The number of hydrogen-bond acceptors (Lipinski definition) is 1. The van der Waals surface area contributed by atoms with Gasteiger partial charge in [0.2, 0.25) is 0 Å². The molecule has 0 aromatic carbocycles. The van der Waals surface area contributed by atoms with Gasteiger partial charge < -0.3 is 5.11 Å². The highest BCUT2D eigenvalue weighted by Gasteiger charge is 2.59. The van der Waals surface area contributed by atoms with Crippen molar-refractivity contribution in [3.05, 3.63) is 0 Å². The molecule has 4 aliphatic carbocycles. The largest absolute Gasteiger partial charge is 0.393 e. The summed E-state index contributed by atoms with van der Waals surface area (Å²) in [5.74, 6) is 3.11. The number of fused-ring (bicyclic) bond motifs is 5. The molecule has 4 rings (SSSR count). The molecule has 0 bridgehead atoms. The van der Waals surface area contributed by atoms with E-state index < -0.39 is 0 Å². The highest BCUT2D eigenvalue weighted by molar-refractivity contribution is 5.09. The standard InChI is InChI=1S/C19H32O/c1-18-9-5-7-14(18)17-15(8-11-18)19(2)10-4-3-6-13(19)12-16(17)20/h13-17,20H,3-12H2,1-2H3. The van der Waals surface area contributed by atoms with Crippen molar-refractivity contribution < 1.29 is 5.11 Å². The van der Waals surface area contributed by atoms with Gasteiger partial charge >= 0.3 is 0 Å². The van der Waals surface area contributed by atoms with E-state index in [1.165, 1.54) is 57.8 Å². The Balaban J connectivity index is 1.69. The Morgan fingerprint density at radius 3 is 2.55 bits per heavy atom. The van der Waals surface area contributed by atoms with Crippen molar-refractivity contribution in [2.24, 2.45) is 34.5 Å². The van der Waals surface area contributed by atoms with Crippen molar-refractivity contribution in [1.29, 1.82) is 0 Å². The van der Waals surface area contributed by atoms with Crippen LogP contribution in [0.5, 0.6) is 0 Å². The van der Waals surface area contributed by atoms with E-state index in [0.29, 0.717) is 16.7 Å². The highest BCUT2D eigenvalue weighted by Crippen LogP contribution is 2.66. The van der Waals surface area contributed by atoms with Crippen LogP contribution in [0.3, 0.4) is 0 Å². The Bertz CT molecular complexity index is 391. The van der Waals surface area contributed by atoms with Gasteiger partial charge in [-0.05, 0) is 79.4 Å². The summed E-state index contributed by atoms with van der Waals surface area (Å²) in [6, 6.07) is 0. The smallest absolute Gasteiger partial charge is 0.0577 e. The van der Waals surface area contributed by atoms with Crippen LogP contribution < -0.4 is 0 Å². The molecule has 0 saturated heterocycles. The topological polar surface area (TPSA) is 20.2 Å². The number of hydrogen-bond donors (Lipinski definition) is 1. The van der Waals surface area contributed by atoms with E-state index >= 15 is 0 Å². The summed E-state index contributed by atoms with van der Waals surface area (Å²) in [6.07, 6.45) is 13.9. The maximum atomic E-state index is 10.9. The first-order valence-corrected chi connectivity index (χ1v) is 9.23. The maximum Gasteiger partial charge on any atom is 0.0577 e. The minimum Gasteiger partial charge on any atom is -0.393 e. The summed E-state index contributed by atoms with van der Waals surface area (Å²) in [5.41, 5.74) is 1.13. The molecule has 7 unspecified atom stereocenters. The zero-order valence-electron chi connectivity index (χ0n) is 13.4. The molecule has 0 amide bonds. The lowest BCUT2D eigenvalue weighted by atomic mass is 9.45. The Kier molecular flexibility index (Phi) is 3.05. The van der Waals surface area contributed by atoms with Crippen molar-refractivity contribution in [1.82, 2.24) is 0 Å². The fourth-order valence-electron chi connectivity index (χ4n) is 7.25. The number of rotatable bonds is 0. The van der Waals surface area contributed by atoms with E-state index in [1.54, 1.807) is 0 Å². The van der Waals surface area contributed by atoms with Gasteiger partial charge in [0.15, 0.2) is 0 Å². The average Bonchev–Trinajstić information content (AvgIpc) is 2.81. The first-order valence-electron chi connectivity index (χ1n) is 9.23. The van der Waals surface area contributed by atoms with Crippen LogP contribution in [0.1, 0.15) is 78.1 Å². The van der Waals surface area contributed by atoms with Crippen LogP contribution in [0.15, 0.2) is 0 Å². The lowest BCUT2D eigenvalue weighted by Crippen LogP contribution is -2.56. The third-order valence-electron chi connectivity index (χ3n) is 8.38. The van der Waals surface area contributed by atoms with Crippen LogP contribution in [0.2, 0.25) is 0 Å². The average molecular weight is 276 g/mol. The van der Waals surface area contributed by atoms with Crippen LogP contribution in [0.25, 0.3) is 0 Å². The van der Waals surface area contributed by atoms with Gasteiger partial charge in [0, 0.05) is 0 Å². The highest BCUT2D eigenvalue weighted by atomic mass is 16.3. The van der Waals surface area contributed by atoms with E-state index in [-0.39, 0.29) is 6.10 Å². The molecule has 0 heterocycles. The first kappa shape index (κ1) is 13.6. The number of aliphatic hydroxyl groups is 1. The molecule has 0 aliphatic heterocycles. The van der Waals surface area contributed by atoms with Crippen LogP contribution in [-0.2, 0) is 0 Å². The van der Waals surface area contributed by atoms with E-state index in [9.17, 15) is 5.11 Å². The van der Waals surface area contributed by atoms with E-state index in [4.69, 9.17) is 0 Å². The zero-order valence-corrected chi connectivity index (χ0v) is 13.4. The fraction of sp³-hybridized carbons (Fsp3) is 1.00. The second kappa shape index (κ2) is 4.48. The minimum absolute atomic E-state index is 0.0129. The predicted octanol–water partition coefficient (Wildman–Crippen LogP) is 4.78. The molecule has 0 radical (unpaired) electrons. The van der Waals surface area contributed by atoms with Crippen molar-refractivity contribution in [3.8, 4) is 0 Å². The molecular formula is C19H32O. The third kappa shape index (κ3) is 1.71. The molecule has 1 nitrogen and oxygen atoms in total. The molecule has 114 valence electrons. The third-order valence-corrected chi connectivity index (χ3v) is 8.38. The second-order valence-corrected chi connectivity index (χ2v) is 9.13. The van der Waals surface area contributed by atoms with Gasteiger partial charge in [-0.25, -0.2) is 0 Å². The van der Waals surface area contributed by atoms with Gasteiger partial charge in [-0.2, -0.15) is 0 Å². The number of aliphatic hydroxyl groups excluding tert-OH is 1. The SMILES string of the molecule is CC12CCCC1C1C(O)CC3CCCCC3(C)C1CC2. The Morgan fingerprint density at radius 1 is 0.850 bits per heavy atom. The van der Waals surface area contributed by atoms with Crippen molar-refractivity contribution in [2.75, 3.05) is 0 Å². The quantitative estimate of drug-likeness (QED) is 0.675. The summed E-state index contributed by atoms with van der Waals surface area (Å²) < 4.78 is 0. The molecule has 0 spiro atoms. The van der Waals surface area contributed by atoms with Gasteiger partial charge in [-0.15, -0.1) is 0 Å². The minimum atomic E-state index is 0.0129. The summed E-state index contributed by atoms with van der Waals surface area (Å²) in [6.45, 7) is 5.13.